The number of carbonyl (C=O) groups is 2. The second-order valence-corrected chi connectivity index (χ2v) is 5.96. The minimum absolute atomic E-state index is 0.147. The van der Waals surface area contributed by atoms with E-state index in [9.17, 15) is 9.59 Å². The van der Waals surface area contributed by atoms with Gasteiger partial charge in [-0.3, -0.25) is 9.59 Å². The van der Waals surface area contributed by atoms with Crippen LogP contribution in [0.1, 0.15) is 39.0 Å². The number of hydrogen-bond donors (Lipinski definition) is 1. The first kappa shape index (κ1) is 15.3. The van der Waals surface area contributed by atoms with Gasteiger partial charge in [-0.05, 0) is 45.2 Å². The minimum atomic E-state index is -0.238. The molecular formula is C15H27N3O2. The molecule has 5 heteroatoms. The lowest BCUT2D eigenvalue weighted by Gasteiger charge is -2.37. The maximum atomic E-state index is 12.7. The Hall–Kier alpha value is -1.10. The highest BCUT2D eigenvalue weighted by molar-refractivity contribution is 5.88. The summed E-state index contributed by atoms with van der Waals surface area (Å²) in [6.07, 6.45) is 4.47. The Kier molecular flexibility index (Phi) is 5.40. The number of nitrogens with zero attached hydrogens (tertiary/aromatic N) is 2. The number of nitrogens with one attached hydrogen (secondary N) is 1. The Morgan fingerprint density at radius 3 is 2.80 bits per heavy atom. The summed E-state index contributed by atoms with van der Waals surface area (Å²) >= 11 is 0. The molecule has 2 atom stereocenters. The van der Waals surface area contributed by atoms with E-state index in [4.69, 9.17) is 0 Å². The highest BCUT2D eigenvalue weighted by Gasteiger charge is 2.35. The van der Waals surface area contributed by atoms with Gasteiger partial charge < -0.3 is 15.1 Å². The maximum absolute atomic E-state index is 12.7. The first-order chi connectivity index (χ1) is 9.67. The molecule has 2 unspecified atom stereocenters. The molecule has 0 aliphatic carbocycles. The molecular weight excluding hydrogens is 254 g/mol. The highest BCUT2D eigenvalue weighted by Crippen LogP contribution is 2.21. The van der Waals surface area contributed by atoms with Crippen LogP contribution in [0.3, 0.4) is 0 Å². The molecule has 5 nitrogen and oxygen atoms in total. The van der Waals surface area contributed by atoms with Crippen molar-refractivity contribution in [3.63, 3.8) is 0 Å². The van der Waals surface area contributed by atoms with Crippen molar-refractivity contribution in [2.45, 2.75) is 45.1 Å². The first-order valence-corrected chi connectivity index (χ1v) is 7.90. The van der Waals surface area contributed by atoms with Crippen LogP contribution in [0.5, 0.6) is 0 Å². The largest absolute Gasteiger partial charge is 0.341 e. The van der Waals surface area contributed by atoms with Crippen LogP contribution < -0.4 is 5.32 Å². The van der Waals surface area contributed by atoms with Gasteiger partial charge in [0.2, 0.25) is 11.8 Å². The van der Waals surface area contributed by atoms with E-state index in [-0.39, 0.29) is 17.9 Å². The monoisotopic (exact) mass is 281 g/mol. The third-order valence-corrected chi connectivity index (χ3v) is 4.48. The Labute approximate surface area is 121 Å². The Morgan fingerprint density at radius 2 is 2.20 bits per heavy atom. The van der Waals surface area contributed by atoms with Crippen LogP contribution in [0, 0.1) is 5.92 Å². The van der Waals surface area contributed by atoms with E-state index in [0.717, 1.165) is 45.4 Å². The average Bonchev–Trinajstić information content (AvgIpc) is 2.87. The summed E-state index contributed by atoms with van der Waals surface area (Å²) in [5.41, 5.74) is 0. The molecule has 2 aliphatic rings. The van der Waals surface area contributed by atoms with E-state index in [0.29, 0.717) is 12.3 Å². The van der Waals surface area contributed by atoms with Crippen LogP contribution in [-0.4, -0.2) is 60.9 Å². The molecule has 114 valence electrons. The van der Waals surface area contributed by atoms with Crippen LogP contribution >= 0.6 is 0 Å². The molecule has 2 aliphatic heterocycles. The molecule has 0 aromatic rings. The molecule has 0 aromatic carbocycles. The number of rotatable bonds is 5. The Morgan fingerprint density at radius 1 is 1.40 bits per heavy atom. The fourth-order valence-electron chi connectivity index (χ4n) is 3.46. The van der Waals surface area contributed by atoms with E-state index < -0.39 is 0 Å². The van der Waals surface area contributed by atoms with Gasteiger partial charge in [-0.2, -0.15) is 0 Å². The maximum Gasteiger partial charge on any atom is 0.245 e. The number of amides is 2. The van der Waals surface area contributed by atoms with Crippen LogP contribution in [-0.2, 0) is 9.59 Å². The molecule has 2 rings (SSSR count). The molecule has 20 heavy (non-hydrogen) atoms. The van der Waals surface area contributed by atoms with Crippen molar-refractivity contribution < 1.29 is 9.59 Å². The van der Waals surface area contributed by atoms with Gasteiger partial charge in [0, 0.05) is 26.1 Å². The van der Waals surface area contributed by atoms with Crippen molar-refractivity contribution in [2.24, 2.45) is 5.92 Å². The molecule has 1 N–H and O–H groups in total. The van der Waals surface area contributed by atoms with Gasteiger partial charge in [-0.1, -0.05) is 6.92 Å². The molecule has 0 aromatic heterocycles. The quantitative estimate of drug-likeness (QED) is 0.812. The van der Waals surface area contributed by atoms with Gasteiger partial charge in [0.05, 0.1) is 0 Å². The van der Waals surface area contributed by atoms with Crippen LogP contribution in [0.4, 0.5) is 0 Å². The molecule has 2 heterocycles. The summed E-state index contributed by atoms with van der Waals surface area (Å²) in [4.78, 5) is 28.4. The lowest BCUT2D eigenvalue weighted by atomic mass is 9.97. The predicted octanol–water partition coefficient (Wildman–Crippen LogP) is 0.845. The summed E-state index contributed by atoms with van der Waals surface area (Å²) in [7, 11) is 1.96. The van der Waals surface area contributed by atoms with E-state index >= 15 is 0 Å². The van der Waals surface area contributed by atoms with Crippen molar-refractivity contribution in [1.82, 2.24) is 15.1 Å². The van der Waals surface area contributed by atoms with E-state index in [1.54, 1.807) is 4.90 Å². The summed E-state index contributed by atoms with van der Waals surface area (Å²) in [5, 5.41) is 3.20. The third kappa shape index (κ3) is 3.32. The Balaban J connectivity index is 1.98. The van der Waals surface area contributed by atoms with Gasteiger partial charge >= 0.3 is 0 Å². The highest BCUT2D eigenvalue weighted by atomic mass is 16.2. The molecule has 2 saturated heterocycles. The summed E-state index contributed by atoms with van der Waals surface area (Å²) < 4.78 is 0. The van der Waals surface area contributed by atoms with Gasteiger partial charge in [-0.25, -0.2) is 0 Å². The minimum Gasteiger partial charge on any atom is -0.341 e. The van der Waals surface area contributed by atoms with Crippen molar-refractivity contribution in [2.75, 3.05) is 33.2 Å². The third-order valence-electron chi connectivity index (χ3n) is 4.48. The van der Waals surface area contributed by atoms with Gasteiger partial charge in [0.25, 0.3) is 0 Å². The molecule has 0 saturated carbocycles. The molecule has 0 bridgehead atoms. The standard InChI is InChI=1S/C15H27N3O2/c1-3-13(18-9-5-7-14(18)19)15(20)17-8-4-6-12(11-17)10-16-2/h12-13,16H,3-11H2,1-2H3. The number of carbonyl (C=O) groups excluding carboxylic acids is 2. The predicted molar refractivity (Wildman–Crippen MR) is 78.3 cm³/mol. The van der Waals surface area contributed by atoms with Crippen molar-refractivity contribution in [3.8, 4) is 0 Å². The second kappa shape index (κ2) is 7.07. The van der Waals surface area contributed by atoms with Gasteiger partial charge in [0.1, 0.15) is 6.04 Å². The van der Waals surface area contributed by atoms with Crippen molar-refractivity contribution in [1.29, 1.82) is 0 Å². The molecule has 0 spiro atoms. The smallest absolute Gasteiger partial charge is 0.245 e. The fourth-order valence-corrected chi connectivity index (χ4v) is 3.46. The summed E-state index contributed by atoms with van der Waals surface area (Å²) in [6.45, 7) is 5.39. The van der Waals surface area contributed by atoms with Crippen molar-refractivity contribution >= 4 is 11.8 Å². The first-order valence-electron chi connectivity index (χ1n) is 7.90. The molecule has 2 fully saturated rings. The lowest BCUT2D eigenvalue weighted by molar-refractivity contribution is -0.145. The summed E-state index contributed by atoms with van der Waals surface area (Å²) in [6, 6.07) is -0.238. The SMILES string of the molecule is CCC(C(=O)N1CCCC(CNC)C1)N1CCCC1=O. The molecule has 2 amide bonds. The van der Waals surface area contributed by atoms with Crippen LogP contribution in [0.15, 0.2) is 0 Å². The zero-order chi connectivity index (χ0) is 14.5. The number of likely N-dealkylation sites (tertiary alicyclic amines) is 2. The van der Waals surface area contributed by atoms with E-state index in [1.165, 1.54) is 6.42 Å². The second-order valence-electron chi connectivity index (χ2n) is 5.96. The summed E-state index contributed by atoms with van der Waals surface area (Å²) in [5.74, 6) is 0.849. The molecule has 0 radical (unpaired) electrons. The lowest BCUT2D eigenvalue weighted by Crippen LogP contribution is -2.52. The van der Waals surface area contributed by atoms with Crippen molar-refractivity contribution in [3.05, 3.63) is 0 Å². The number of piperidine rings is 1. The van der Waals surface area contributed by atoms with E-state index in [1.807, 2.05) is 18.9 Å². The Bertz CT molecular complexity index is 357. The van der Waals surface area contributed by atoms with Crippen LogP contribution in [0.25, 0.3) is 0 Å². The normalized spacial score (nSPS) is 25.1. The average molecular weight is 281 g/mol. The zero-order valence-electron chi connectivity index (χ0n) is 12.7. The van der Waals surface area contributed by atoms with E-state index in [2.05, 4.69) is 5.32 Å². The van der Waals surface area contributed by atoms with Gasteiger partial charge in [-0.15, -0.1) is 0 Å². The fraction of sp³-hybridized carbons (Fsp3) is 0.867. The number of hydrogen-bond acceptors (Lipinski definition) is 3. The zero-order valence-corrected chi connectivity index (χ0v) is 12.7. The topological polar surface area (TPSA) is 52.7 Å². The van der Waals surface area contributed by atoms with Crippen LogP contribution in [0.2, 0.25) is 0 Å². The van der Waals surface area contributed by atoms with Gasteiger partial charge in [0.15, 0.2) is 0 Å².